The molecular weight excluding hydrogens is 314 g/mol. The van der Waals surface area contributed by atoms with Gasteiger partial charge in [-0.15, -0.1) is 0 Å². The van der Waals surface area contributed by atoms with Crippen LogP contribution in [0.25, 0.3) is 33.3 Å². The third-order valence-corrected chi connectivity index (χ3v) is 4.27. The molecule has 0 aliphatic carbocycles. The molecule has 0 fully saturated rings. The third kappa shape index (κ3) is 2.55. The first-order chi connectivity index (χ1) is 12.1. The standard InChI is InChI=1S/C20H15N3O2/c1-22-20-17(14-8-4-2-5-9-14)12-16(23(24)25)13-18(20)19(21-22)15-10-6-3-7-11-15/h2-13H,1H3. The Morgan fingerprint density at radius 3 is 2.12 bits per heavy atom. The Hall–Kier alpha value is -3.47. The summed E-state index contributed by atoms with van der Waals surface area (Å²) in [7, 11) is 1.87. The summed E-state index contributed by atoms with van der Waals surface area (Å²) >= 11 is 0. The van der Waals surface area contributed by atoms with Crippen LogP contribution in [0.2, 0.25) is 0 Å². The van der Waals surface area contributed by atoms with Crippen molar-refractivity contribution in [3.63, 3.8) is 0 Å². The minimum atomic E-state index is -0.354. The number of hydrogen-bond donors (Lipinski definition) is 0. The fraction of sp³-hybridized carbons (Fsp3) is 0.0500. The Morgan fingerprint density at radius 2 is 1.52 bits per heavy atom. The number of nitro groups is 1. The lowest BCUT2D eigenvalue weighted by atomic mass is 9.99. The Bertz CT molecular complexity index is 1070. The smallest absolute Gasteiger partial charge is 0.267 e. The van der Waals surface area contributed by atoms with E-state index >= 15 is 0 Å². The van der Waals surface area contributed by atoms with Crippen LogP contribution in [0.3, 0.4) is 0 Å². The van der Waals surface area contributed by atoms with E-state index in [0.717, 1.165) is 33.3 Å². The number of nitrogens with zero attached hydrogens (tertiary/aromatic N) is 3. The summed E-state index contributed by atoms with van der Waals surface area (Å²) in [4.78, 5) is 11.1. The number of hydrogen-bond acceptors (Lipinski definition) is 3. The van der Waals surface area contributed by atoms with Gasteiger partial charge in [-0.25, -0.2) is 0 Å². The summed E-state index contributed by atoms with van der Waals surface area (Å²) in [6, 6.07) is 22.6. The van der Waals surface area contributed by atoms with E-state index in [1.807, 2.05) is 67.7 Å². The lowest BCUT2D eigenvalue weighted by Crippen LogP contribution is -1.94. The van der Waals surface area contributed by atoms with E-state index in [9.17, 15) is 10.1 Å². The van der Waals surface area contributed by atoms with Crippen LogP contribution in [-0.4, -0.2) is 14.7 Å². The van der Waals surface area contributed by atoms with Crippen LogP contribution in [-0.2, 0) is 7.05 Å². The molecule has 0 amide bonds. The molecule has 122 valence electrons. The maximum atomic E-state index is 11.5. The van der Waals surface area contributed by atoms with Crippen LogP contribution in [0.15, 0.2) is 72.8 Å². The summed E-state index contributed by atoms with van der Waals surface area (Å²) in [5.41, 5.74) is 4.37. The molecule has 0 atom stereocenters. The van der Waals surface area contributed by atoms with E-state index in [-0.39, 0.29) is 10.6 Å². The van der Waals surface area contributed by atoms with E-state index in [1.54, 1.807) is 16.8 Å². The van der Waals surface area contributed by atoms with E-state index in [0.29, 0.717) is 0 Å². The van der Waals surface area contributed by atoms with Gasteiger partial charge in [0.15, 0.2) is 0 Å². The van der Waals surface area contributed by atoms with Gasteiger partial charge < -0.3 is 0 Å². The average Bonchev–Trinajstić information content (AvgIpc) is 2.99. The molecule has 3 aromatic carbocycles. The second kappa shape index (κ2) is 5.87. The number of aryl methyl sites for hydroxylation is 1. The zero-order valence-corrected chi connectivity index (χ0v) is 13.6. The van der Waals surface area contributed by atoms with Crippen LogP contribution in [0, 0.1) is 10.1 Å². The van der Waals surface area contributed by atoms with Gasteiger partial charge in [-0.2, -0.15) is 5.10 Å². The summed E-state index contributed by atoms with van der Waals surface area (Å²) in [6.45, 7) is 0. The molecular formula is C20H15N3O2. The highest BCUT2D eigenvalue weighted by atomic mass is 16.6. The van der Waals surface area contributed by atoms with Gasteiger partial charge in [-0.3, -0.25) is 14.8 Å². The molecule has 0 N–H and O–H groups in total. The number of nitro benzene ring substituents is 1. The van der Waals surface area contributed by atoms with Crippen molar-refractivity contribution in [1.29, 1.82) is 0 Å². The van der Waals surface area contributed by atoms with Gasteiger partial charge in [-0.05, 0) is 5.56 Å². The van der Waals surface area contributed by atoms with Crippen molar-refractivity contribution < 1.29 is 4.92 Å². The molecule has 0 saturated heterocycles. The molecule has 5 nitrogen and oxygen atoms in total. The molecule has 1 heterocycles. The number of rotatable bonds is 3. The quantitative estimate of drug-likeness (QED) is 0.400. The van der Waals surface area contributed by atoms with E-state index in [4.69, 9.17) is 0 Å². The van der Waals surface area contributed by atoms with Gasteiger partial charge in [0.05, 0.1) is 10.4 Å². The van der Waals surface area contributed by atoms with Gasteiger partial charge in [0, 0.05) is 35.7 Å². The summed E-state index contributed by atoms with van der Waals surface area (Å²) in [5, 5.41) is 16.9. The highest BCUT2D eigenvalue weighted by Crippen LogP contribution is 2.37. The van der Waals surface area contributed by atoms with Crippen LogP contribution in [0.1, 0.15) is 0 Å². The molecule has 4 aromatic rings. The average molecular weight is 329 g/mol. The Morgan fingerprint density at radius 1 is 0.920 bits per heavy atom. The van der Waals surface area contributed by atoms with Crippen molar-refractivity contribution in [3.05, 3.63) is 82.9 Å². The lowest BCUT2D eigenvalue weighted by molar-refractivity contribution is -0.384. The third-order valence-electron chi connectivity index (χ3n) is 4.27. The minimum absolute atomic E-state index is 0.0662. The highest BCUT2D eigenvalue weighted by molar-refractivity contribution is 6.03. The largest absolute Gasteiger partial charge is 0.270 e. The van der Waals surface area contributed by atoms with E-state index < -0.39 is 0 Å². The molecule has 0 saturated carbocycles. The number of non-ortho nitro benzene ring substituents is 1. The molecule has 0 bridgehead atoms. The maximum Gasteiger partial charge on any atom is 0.270 e. The van der Waals surface area contributed by atoms with Crippen LogP contribution < -0.4 is 0 Å². The molecule has 0 aliphatic rings. The van der Waals surface area contributed by atoms with Crippen LogP contribution in [0.5, 0.6) is 0 Å². The normalized spacial score (nSPS) is 10.9. The monoisotopic (exact) mass is 329 g/mol. The fourth-order valence-corrected chi connectivity index (χ4v) is 3.15. The van der Waals surface area contributed by atoms with Gasteiger partial charge in [0.25, 0.3) is 5.69 Å². The molecule has 5 heteroatoms. The van der Waals surface area contributed by atoms with Crippen molar-refractivity contribution in [3.8, 4) is 22.4 Å². The molecule has 0 spiro atoms. The zero-order chi connectivity index (χ0) is 17.4. The summed E-state index contributed by atoms with van der Waals surface area (Å²) in [6.07, 6.45) is 0. The van der Waals surface area contributed by atoms with Gasteiger partial charge in [0.1, 0.15) is 5.69 Å². The van der Waals surface area contributed by atoms with Crippen molar-refractivity contribution in [1.82, 2.24) is 9.78 Å². The zero-order valence-electron chi connectivity index (χ0n) is 13.6. The van der Waals surface area contributed by atoms with Crippen molar-refractivity contribution in [2.75, 3.05) is 0 Å². The first kappa shape index (κ1) is 15.1. The molecule has 4 rings (SSSR count). The second-order valence-corrected chi connectivity index (χ2v) is 5.85. The van der Waals surface area contributed by atoms with Crippen molar-refractivity contribution in [2.24, 2.45) is 7.05 Å². The summed E-state index contributed by atoms with van der Waals surface area (Å²) in [5.74, 6) is 0. The highest BCUT2D eigenvalue weighted by Gasteiger charge is 2.20. The minimum Gasteiger partial charge on any atom is -0.267 e. The Kier molecular flexibility index (Phi) is 3.54. The second-order valence-electron chi connectivity index (χ2n) is 5.85. The number of benzene rings is 3. The SMILES string of the molecule is Cn1nc(-c2ccccc2)c2cc([N+](=O)[O-])cc(-c3ccccc3)c21. The molecule has 0 unspecified atom stereocenters. The van der Waals surface area contributed by atoms with Crippen LogP contribution in [0.4, 0.5) is 5.69 Å². The fourth-order valence-electron chi connectivity index (χ4n) is 3.15. The molecule has 1 aromatic heterocycles. The predicted octanol–water partition coefficient (Wildman–Crippen LogP) is 4.82. The van der Waals surface area contributed by atoms with E-state index in [2.05, 4.69) is 5.10 Å². The topological polar surface area (TPSA) is 61.0 Å². The number of aromatic nitrogens is 2. The van der Waals surface area contributed by atoms with Gasteiger partial charge >= 0.3 is 0 Å². The molecule has 0 radical (unpaired) electrons. The Labute approximate surface area is 144 Å². The van der Waals surface area contributed by atoms with Gasteiger partial charge in [-0.1, -0.05) is 60.7 Å². The summed E-state index contributed by atoms with van der Waals surface area (Å²) < 4.78 is 1.80. The molecule has 25 heavy (non-hydrogen) atoms. The lowest BCUT2D eigenvalue weighted by Gasteiger charge is -2.06. The first-order valence-electron chi connectivity index (χ1n) is 7.91. The van der Waals surface area contributed by atoms with Crippen LogP contribution >= 0.6 is 0 Å². The van der Waals surface area contributed by atoms with Crippen molar-refractivity contribution in [2.45, 2.75) is 0 Å². The maximum absolute atomic E-state index is 11.5. The van der Waals surface area contributed by atoms with E-state index in [1.165, 1.54) is 0 Å². The Balaban J connectivity index is 2.09. The van der Waals surface area contributed by atoms with Crippen molar-refractivity contribution >= 4 is 16.6 Å². The predicted molar refractivity (Wildman–Crippen MR) is 98.2 cm³/mol. The van der Waals surface area contributed by atoms with Gasteiger partial charge in [0.2, 0.25) is 0 Å². The number of fused-ring (bicyclic) bond motifs is 1. The first-order valence-corrected chi connectivity index (χ1v) is 7.91. The molecule has 0 aliphatic heterocycles.